The largest absolute Gasteiger partial charge is 0.455 e. The molecule has 0 aliphatic heterocycles. The number of nitrogens with zero attached hydrogens (tertiary/aromatic N) is 2. The summed E-state index contributed by atoms with van der Waals surface area (Å²) in [5.41, 5.74) is 7.57. The number of aromatic nitrogens is 2. The molecule has 3 aromatic heterocycles. The number of rotatable bonds is 1. The second-order valence-electron chi connectivity index (χ2n) is 7.25. The lowest BCUT2D eigenvalue weighted by atomic mass is 10.0. The van der Waals surface area contributed by atoms with Crippen LogP contribution in [0.3, 0.4) is 0 Å². The molecule has 4 nitrogen and oxygen atoms in total. The zero-order valence-corrected chi connectivity index (χ0v) is 15.3. The number of oxazole rings is 1. The minimum Gasteiger partial charge on any atom is -0.455 e. The molecule has 0 unspecified atom stereocenters. The number of benzene rings is 4. The lowest BCUT2D eigenvalue weighted by Crippen LogP contribution is -1.83. The quantitative estimate of drug-likeness (QED) is 0.317. The molecule has 7 aromatic rings. The summed E-state index contributed by atoms with van der Waals surface area (Å²) in [6.45, 7) is 0. The molecule has 0 spiro atoms. The van der Waals surface area contributed by atoms with E-state index in [1.807, 2.05) is 36.4 Å². The van der Waals surface area contributed by atoms with Gasteiger partial charge in [0.05, 0.1) is 16.6 Å². The van der Waals surface area contributed by atoms with Gasteiger partial charge < -0.3 is 8.83 Å². The fraction of sp³-hybridized carbons (Fsp3) is 0. The van der Waals surface area contributed by atoms with Crippen LogP contribution in [-0.2, 0) is 0 Å². The molecule has 0 atom stereocenters. The van der Waals surface area contributed by atoms with Crippen molar-refractivity contribution in [1.82, 2.24) is 9.38 Å². The number of imidazole rings is 1. The van der Waals surface area contributed by atoms with Crippen LogP contribution >= 0.6 is 0 Å². The number of fused-ring (bicyclic) bond motifs is 8. The highest BCUT2D eigenvalue weighted by Gasteiger charge is 2.18. The van der Waals surface area contributed by atoms with E-state index in [9.17, 15) is 0 Å². The van der Waals surface area contributed by atoms with Gasteiger partial charge >= 0.3 is 5.84 Å². The Labute approximate surface area is 164 Å². The van der Waals surface area contributed by atoms with Crippen molar-refractivity contribution in [2.45, 2.75) is 0 Å². The first kappa shape index (κ1) is 14.9. The Balaban J connectivity index is 1.61. The first-order valence-corrected chi connectivity index (χ1v) is 9.58. The Kier molecular flexibility index (Phi) is 2.71. The molecule has 136 valence electrons. The molecule has 0 aliphatic rings. The molecule has 0 saturated carbocycles. The average Bonchev–Trinajstić information content (AvgIpc) is 3.42. The van der Waals surface area contributed by atoms with Crippen LogP contribution in [0.1, 0.15) is 0 Å². The van der Waals surface area contributed by atoms with E-state index >= 15 is 0 Å². The first-order chi connectivity index (χ1) is 14.4. The molecule has 0 aliphatic carbocycles. The predicted molar refractivity (Wildman–Crippen MR) is 115 cm³/mol. The van der Waals surface area contributed by atoms with E-state index in [-0.39, 0.29) is 0 Å². The summed E-state index contributed by atoms with van der Waals surface area (Å²) < 4.78 is 14.6. The molecule has 0 radical (unpaired) electrons. The van der Waals surface area contributed by atoms with E-state index in [0.717, 1.165) is 55.2 Å². The molecular formula is C25H14N2O2. The van der Waals surface area contributed by atoms with Gasteiger partial charge in [0.1, 0.15) is 11.2 Å². The minimum absolute atomic E-state index is 0.602. The molecule has 0 saturated heterocycles. The molecule has 0 N–H and O–H groups in total. The zero-order chi connectivity index (χ0) is 18.9. The van der Waals surface area contributed by atoms with Crippen molar-refractivity contribution in [3.63, 3.8) is 0 Å². The Bertz CT molecular complexity index is 1720. The third kappa shape index (κ3) is 1.90. The van der Waals surface area contributed by atoms with Crippen molar-refractivity contribution in [2.24, 2.45) is 0 Å². The van der Waals surface area contributed by atoms with Crippen molar-refractivity contribution in [3.8, 4) is 11.1 Å². The fourth-order valence-electron chi connectivity index (χ4n) is 4.38. The van der Waals surface area contributed by atoms with Crippen LogP contribution in [0.4, 0.5) is 0 Å². The lowest BCUT2D eigenvalue weighted by molar-refractivity contribution is 0.643. The molecule has 3 heterocycles. The van der Waals surface area contributed by atoms with E-state index in [0.29, 0.717) is 5.84 Å². The number of furan rings is 1. The average molecular weight is 374 g/mol. The van der Waals surface area contributed by atoms with Gasteiger partial charge in [0.2, 0.25) is 0 Å². The third-order valence-electron chi connectivity index (χ3n) is 5.65. The van der Waals surface area contributed by atoms with E-state index in [4.69, 9.17) is 8.83 Å². The summed E-state index contributed by atoms with van der Waals surface area (Å²) in [5, 5.41) is 2.23. The molecule has 4 aromatic carbocycles. The number of hydrogen-bond acceptors (Lipinski definition) is 3. The van der Waals surface area contributed by atoms with Crippen LogP contribution in [0.15, 0.2) is 93.8 Å². The molecule has 0 amide bonds. The summed E-state index contributed by atoms with van der Waals surface area (Å²) in [5.74, 6) is 0.602. The summed E-state index contributed by atoms with van der Waals surface area (Å²) in [4.78, 5) is 4.66. The zero-order valence-electron chi connectivity index (χ0n) is 15.3. The summed E-state index contributed by atoms with van der Waals surface area (Å²) in [7, 11) is 0. The summed E-state index contributed by atoms with van der Waals surface area (Å²) >= 11 is 0. The van der Waals surface area contributed by atoms with Gasteiger partial charge in [0.25, 0.3) is 0 Å². The Morgan fingerprint density at radius 1 is 0.586 bits per heavy atom. The maximum absolute atomic E-state index is 6.26. The van der Waals surface area contributed by atoms with Gasteiger partial charge in [0.15, 0.2) is 5.58 Å². The maximum Gasteiger partial charge on any atom is 0.307 e. The summed E-state index contributed by atoms with van der Waals surface area (Å²) in [6.07, 6.45) is 0. The monoisotopic (exact) mass is 374 g/mol. The van der Waals surface area contributed by atoms with Crippen LogP contribution in [0.2, 0.25) is 0 Å². The highest BCUT2D eigenvalue weighted by atomic mass is 16.4. The van der Waals surface area contributed by atoms with Crippen LogP contribution in [0.25, 0.3) is 61.0 Å². The standard InChI is InChI=1S/C25H14N2O2/c1-4-14-22-15(7-1)16-8-5-9-17(23(16)28-22)18-10-6-13-21-24(18)29-25-26-19-11-2-3-12-20(19)27(21)25/h1-14H. The smallest absolute Gasteiger partial charge is 0.307 e. The lowest BCUT2D eigenvalue weighted by Gasteiger charge is -2.03. The van der Waals surface area contributed by atoms with Crippen molar-refractivity contribution in [2.75, 3.05) is 0 Å². The van der Waals surface area contributed by atoms with Gasteiger partial charge in [-0.2, -0.15) is 4.98 Å². The topological polar surface area (TPSA) is 43.6 Å². The molecule has 0 fully saturated rings. The summed E-state index contributed by atoms with van der Waals surface area (Å²) in [6, 6.07) is 28.7. The van der Waals surface area contributed by atoms with E-state index in [1.165, 1.54) is 0 Å². The second kappa shape index (κ2) is 5.26. The maximum atomic E-state index is 6.26. The van der Waals surface area contributed by atoms with Crippen molar-refractivity contribution in [1.29, 1.82) is 0 Å². The molecule has 0 bridgehead atoms. The van der Waals surface area contributed by atoms with Gasteiger partial charge in [0, 0.05) is 21.9 Å². The van der Waals surface area contributed by atoms with Gasteiger partial charge in [-0.3, -0.25) is 4.40 Å². The molecule has 4 heteroatoms. The Morgan fingerprint density at radius 2 is 1.31 bits per heavy atom. The SMILES string of the molecule is c1ccc2c(c1)nc1oc3c(-c4cccc5c4oc4ccccc45)cccc3n12. The second-order valence-corrected chi connectivity index (χ2v) is 7.25. The predicted octanol–water partition coefficient (Wildman–Crippen LogP) is 6.80. The van der Waals surface area contributed by atoms with E-state index in [2.05, 4.69) is 57.9 Å². The minimum atomic E-state index is 0.602. The Morgan fingerprint density at radius 3 is 2.28 bits per heavy atom. The van der Waals surface area contributed by atoms with Gasteiger partial charge in [-0.05, 0) is 24.3 Å². The molecule has 29 heavy (non-hydrogen) atoms. The van der Waals surface area contributed by atoms with Gasteiger partial charge in [-0.25, -0.2) is 0 Å². The van der Waals surface area contributed by atoms with Crippen LogP contribution in [0.5, 0.6) is 0 Å². The van der Waals surface area contributed by atoms with Gasteiger partial charge in [-0.15, -0.1) is 0 Å². The normalized spacial score (nSPS) is 12.1. The van der Waals surface area contributed by atoms with E-state index in [1.54, 1.807) is 0 Å². The van der Waals surface area contributed by atoms with Crippen LogP contribution < -0.4 is 0 Å². The Hall–Kier alpha value is -4.05. The number of para-hydroxylation sites is 5. The first-order valence-electron chi connectivity index (χ1n) is 9.58. The highest BCUT2D eigenvalue weighted by molar-refractivity contribution is 6.11. The molecule has 7 rings (SSSR count). The van der Waals surface area contributed by atoms with Crippen LogP contribution in [0, 0.1) is 0 Å². The van der Waals surface area contributed by atoms with Crippen molar-refractivity contribution in [3.05, 3.63) is 84.9 Å². The fourth-order valence-corrected chi connectivity index (χ4v) is 4.38. The van der Waals surface area contributed by atoms with Crippen LogP contribution in [-0.4, -0.2) is 9.38 Å². The van der Waals surface area contributed by atoms with E-state index < -0.39 is 0 Å². The van der Waals surface area contributed by atoms with Crippen molar-refractivity contribution >= 4 is 49.9 Å². The highest BCUT2D eigenvalue weighted by Crippen LogP contribution is 2.39. The third-order valence-corrected chi connectivity index (χ3v) is 5.65. The van der Waals surface area contributed by atoms with Gasteiger partial charge in [-0.1, -0.05) is 60.7 Å². The number of hydrogen-bond donors (Lipinski definition) is 0. The van der Waals surface area contributed by atoms with Crippen molar-refractivity contribution < 1.29 is 8.83 Å². The molecular weight excluding hydrogens is 360 g/mol.